The SMILES string of the molecule is COCCOc1ccc(-c2ccc(C3=NO[C@@H](CC(C)(C(N)=O)S(C)(=O)=O)C3)cc2)cc1. The number of methoxy groups -OCH3 is 1. The molecule has 1 aliphatic heterocycles. The zero-order valence-corrected chi connectivity index (χ0v) is 19.2. The maximum Gasteiger partial charge on any atom is 0.238 e. The minimum atomic E-state index is -3.70. The Hall–Kier alpha value is -2.91. The second kappa shape index (κ2) is 9.70. The van der Waals surface area contributed by atoms with Gasteiger partial charge in [0.25, 0.3) is 0 Å². The minimum absolute atomic E-state index is 0.0505. The van der Waals surface area contributed by atoms with Crippen molar-refractivity contribution in [2.75, 3.05) is 26.6 Å². The van der Waals surface area contributed by atoms with Gasteiger partial charge in [0.05, 0.1) is 12.3 Å². The van der Waals surface area contributed by atoms with E-state index in [4.69, 9.17) is 20.0 Å². The molecule has 0 saturated carbocycles. The predicted molar refractivity (Wildman–Crippen MR) is 122 cm³/mol. The molecule has 0 saturated heterocycles. The second-order valence-electron chi connectivity index (χ2n) is 7.98. The number of rotatable bonds is 10. The van der Waals surface area contributed by atoms with E-state index in [-0.39, 0.29) is 6.42 Å². The topological polar surface area (TPSA) is 117 Å². The van der Waals surface area contributed by atoms with Gasteiger partial charge in [-0.3, -0.25) is 4.79 Å². The maximum absolute atomic E-state index is 12.1. The highest BCUT2D eigenvalue weighted by Crippen LogP contribution is 2.30. The molecule has 2 aromatic rings. The number of ether oxygens (including phenoxy) is 2. The molecule has 1 unspecified atom stereocenters. The van der Waals surface area contributed by atoms with Gasteiger partial charge in [0.1, 0.15) is 18.5 Å². The molecule has 32 heavy (non-hydrogen) atoms. The Morgan fingerprint density at radius 3 is 2.19 bits per heavy atom. The molecule has 172 valence electrons. The first-order chi connectivity index (χ1) is 15.1. The molecule has 1 heterocycles. The van der Waals surface area contributed by atoms with Crippen molar-refractivity contribution in [3.05, 3.63) is 54.1 Å². The van der Waals surface area contributed by atoms with Gasteiger partial charge >= 0.3 is 0 Å². The number of hydrogen-bond donors (Lipinski definition) is 1. The number of nitrogens with two attached hydrogens (primary N) is 1. The quantitative estimate of drug-likeness (QED) is 0.545. The van der Waals surface area contributed by atoms with Gasteiger partial charge in [0.15, 0.2) is 14.6 Å². The van der Waals surface area contributed by atoms with E-state index >= 15 is 0 Å². The fourth-order valence-corrected chi connectivity index (χ4v) is 4.27. The van der Waals surface area contributed by atoms with Crippen LogP contribution in [0.25, 0.3) is 11.1 Å². The van der Waals surface area contributed by atoms with E-state index in [1.165, 1.54) is 6.92 Å². The number of oxime groups is 1. The van der Waals surface area contributed by atoms with Crippen LogP contribution < -0.4 is 10.5 Å². The standard InChI is InChI=1S/C23H28N2O6S/c1-23(22(24)26,32(3,27)28)15-20-14-21(25-31-20)18-6-4-16(5-7-18)17-8-10-19(11-9-17)30-13-12-29-2/h4-11,20H,12-15H2,1-3H3,(H2,24,26)/t20-,23?/m1/s1. The van der Waals surface area contributed by atoms with Gasteiger partial charge in [-0.1, -0.05) is 41.6 Å². The third-order valence-electron chi connectivity index (χ3n) is 5.65. The molecule has 0 aromatic heterocycles. The average Bonchev–Trinajstić information content (AvgIpc) is 3.22. The third-order valence-corrected chi connectivity index (χ3v) is 7.66. The molecule has 0 spiro atoms. The monoisotopic (exact) mass is 460 g/mol. The van der Waals surface area contributed by atoms with Gasteiger partial charge in [0, 0.05) is 26.2 Å². The molecule has 8 nitrogen and oxygen atoms in total. The van der Waals surface area contributed by atoms with Crippen LogP contribution in [0, 0.1) is 0 Å². The average molecular weight is 461 g/mol. The molecule has 0 fully saturated rings. The third kappa shape index (κ3) is 5.28. The summed E-state index contributed by atoms with van der Waals surface area (Å²) < 4.78 is 33.0. The normalized spacial score (nSPS) is 17.8. The van der Waals surface area contributed by atoms with E-state index in [1.54, 1.807) is 7.11 Å². The minimum Gasteiger partial charge on any atom is -0.491 e. The van der Waals surface area contributed by atoms with Crippen molar-refractivity contribution in [3.8, 4) is 16.9 Å². The number of nitrogens with zero attached hydrogens (tertiary/aromatic N) is 1. The van der Waals surface area contributed by atoms with Crippen LogP contribution in [0.4, 0.5) is 0 Å². The van der Waals surface area contributed by atoms with Crippen LogP contribution in [-0.4, -0.2) is 57.5 Å². The molecule has 0 aliphatic carbocycles. The van der Waals surface area contributed by atoms with E-state index in [9.17, 15) is 13.2 Å². The Labute approximate surface area is 188 Å². The first-order valence-electron chi connectivity index (χ1n) is 10.2. The molecular formula is C23H28N2O6S. The van der Waals surface area contributed by atoms with Gasteiger partial charge in [0.2, 0.25) is 5.91 Å². The Morgan fingerprint density at radius 2 is 1.66 bits per heavy atom. The number of sulfone groups is 1. The van der Waals surface area contributed by atoms with E-state index in [2.05, 4.69) is 5.16 Å². The van der Waals surface area contributed by atoms with Crippen LogP contribution in [0.15, 0.2) is 53.7 Å². The Bertz CT molecular complexity index is 1080. The number of primary amides is 1. The lowest BCUT2D eigenvalue weighted by Crippen LogP contribution is -2.49. The molecule has 0 bridgehead atoms. The lowest BCUT2D eigenvalue weighted by Gasteiger charge is -2.25. The number of amides is 1. The Kier molecular flexibility index (Phi) is 7.20. The molecule has 9 heteroatoms. The highest BCUT2D eigenvalue weighted by molar-refractivity contribution is 7.92. The molecule has 3 rings (SSSR count). The van der Waals surface area contributed by atoms with Crippen LogP contribution in [0.5, 0.6) is 5.75 Å². The van der Waals surface area contributed by atoms with E-state index in [1.807, 2.05) is 48.5 Å². The lowest BCUT2D eigenvalue weighted by atomic mass is 9.95. The number of hydrogen-bond acceptors (Lipinski definition) is 7. The van der Waals surface area contributed by atoms with Gasteiger partial charge in [-0.25, -0.2) is 8.42 Å². The van der Waals surface area contributed by atoms with Crippen molar-refractivity contribution in [2.24, 2.45) is 10.9 Å². The van der Waals surface area contributed by atoms with Crippen molar-refractivity contribution in [3.63, 3.8) is 0 Å². The van der Waals surface area contributed by atoms with E-state index in [0.29, 0.717) is 25.3 Å². The van der Waals surface area contributed by atoms with E-state index < -0.39 is 26.6 Å². The van der Waals surface area contributed by atoms with Gasteiger partial charge in [-0.15, -0.1) is 0 Å². The first-order valence-corrected chi connectivity index (χ1v) is 12.1. The molecule has 2 atom stereocenters. The zero-order chi connectivity index (χ0) is 23.4. The summed E-state index contributed by atoms with van der Waals surface area (Å²) in [5.74, 6) is -0.112. The van der Waals surface area contributed by atoms with Crippen LogP contribution in [0.2, 0.25) is 0 Å². The predicted octanol–water partition coefficient (Wildman–Crippen LogP) is 2.55. The number of carbonyl (C=O) groups is 1. The van der Waals surface area contributed by atoms with Crippen LogP contribution in [-0.2, 0) is 24.2 Å². The van der Waals surface area contributed by atoms with Crippen molar-refractivity contribution in [1.82, 2.24) is 0 Å². The van der Waals surface area contributed by atoms with Crippen molar-refractivity contribution in [1.29, 1.82) is 0 Å². The zero-order valence-electron chi connectivity index (χ0n) is 18.4. The molecule has 0 radical (unpaired) electrons. The lowest BCUT2D eigenvalue weighted by molar-refractivity contribution is -0.121. The van der Waals surface area contributed by atoms with Gasteiger partial charge in [-0.2, -0.15) is 0 Å². The largest absolute Gasteiger partial charge is 0.491 e. The van der Waals surface area contributed by atoms with E-state index in [0.717, 1.165) is 28.7 Å². The van der Waals surface area contributed by atoms with Crippen molar-refractivity contribution >= 4 is 21.5 Å². The highest BCUT2D eigenvalue weighted by atomic mass is 32.2. The van der Waals surface area contributed by atoms with Crippen LogP contribution in [0.3, 0.4) is 0 Å². The van der Waals surface area contributed by atoms with Gasteiger partial charge < -0.3 is 20.0 Å². The number of carbonyl (C=O) groups excluding carboxylic acids is 1. The maximum atomic E-state index is 12.1. The Morgan fingerprint density at radius 1 is 1.09 bits per heavy atom. The summed E-state index contributed by atoms with van der Waals surface area (Å²) >= 11 is 0. The van der Waals surface area contributed by atoms with Gasteiger partial charge in [-0.05, 0) is 35.7 Å². The summed E-state index contributed by atoms with van der Waals surface area (Å²) in [4.78, 5) is 17.2. The molecule has 1 amide bonds. The first kappa shape index (κ1) is 23.7. The number of benzene rings is 2. The fourth-order valence-electron chi connectivity index (χ4n) is 3.42. The van der Waals surface area contributed by atoms with Crippen molar-refractivity contribution < 1.29 is 27.5 Å². The Balaban J connectivity index is 1.64. The summed E-state index contributed by atoms with van der Waals surface area (Å²) in [6.45, 7) is 2.36. The van der Waals surface area contributed by atoms with Crippen molar-refractivity contribution in [2.45, 2.75) is 30.6 Å². The second-order valence-corrected chi connectivity index (χ2v) is 10.4. The van der Waals surface area contributed by atoms with Crippen LogP contribution in [0.1, 0.15) is 25.3 Å². The molecular weight excluding hydrogens is 432 g/mol. The summed E-state index contributed by atoms with van der Waals surface area (Å²) in [7, 11) is -2.07. The summed E-state index contributed by atoms with van der Waals surface area (Å²) in [5.41, 5.74) is 9.02. The molecule has 1 aliphatic rings. The molecule has 2 N–H and O–H groups in total. The molecule has 2 aromatic carbocycles. The highest BCUT2D eigenvalue weighted by Gasteiger charge is 2.45. The fraction of sp³-hybridized carbons (Fsp3) is 0.391. The smallest absolute Gasteiger partial charge is 0.238 e. The summed E-state index contributed by atoms with van der Waals surface area (Å²) in [6.07, 6.45) is 0.810. The summed E-state index contributed by atoms with van der Waals surface area (Å²) in [5, 5.41) is 4.11. The summed E-state index contributed by atoms with van der Waals surface area (Å²) in [6, 6.07) is 15.6. The van der Waals surface area contributed by atoms with Crippen LogP contribution >= 0.6 is 0 Å².